The highest BCUT2D eigenvalue weighted by atomic mass is 32.2. The first-order valence-electron chi connectivity index (χ1n) is 6.35. The van der Waals surface area contributed by atoms with Crippen LogP contribution in [0.3, 0.4) is 0 Å². The van der Waals surface area contributed by atoms with Crippen molar-refractivity contribution in [3.8, 4) is 0 Å². The van der Waals surface area contributed by atoms with Crippen LogP contribution in [0.15, 0.2) is 30.5 Å². The molecular formula is C14H19N3S. The second kappa shape index (κ2) is 6.59. The topological polar surface area (TPSA) is 37.8 Å². The summed E-state index contributed by atoms with van der Waals surface area (Å²) in [6.45, 7) is 4.38. The van der Waals surface area contributed by atoms with E-state index in [1.165, 1.54) is 11.5 Å². The Kier molecular flexibility index (Phi) is 4.81. The van der Waals surface area contributed by atoms with Gasteiger partial charge in [-0.25, -0.2) is 4.98 Å². The Morgan fingerprint density at radius 2 is 2.06 bits per heavy atom. The molecular weight excluding hydrogens is 242 g/mol. The molecule has 1 aromatic heterocycles. The van der Waals surface area contributed by atoms with Crippen LogP contribution >= 0.6 is 11.8 Å². The smallest absolute Gasteiger partial charge is 0.145 e. The van der Waals surface area contributed by atoms with Crippen LogP contribution in [0, 0.1) is 0 Å². The Bertz CT molecular complexity index is 501. The number of aromatic nitrogens is 2. The molecule has 0 aliphatic carbocycles. The van der Waals surface area contributed by atoms with Gasteiger partial charge in [-0.3, -0.25) is 4.98 Å². The highest BCUT2D eigenvalue weighted by Gasteiger charge is 2.04. The van der Waals surface area contributed by atoms with Gasteiger partial charge in [-0.15, -0.1) is 0 Å². The molecule has 1 heterocycles. The van der Waals surface area contributed by atoms with E-state index in [1.807, 2.05) is 42.2 Å². The molecule has 0 fully saturated rings. The highest BCUT2D eigenvalue weighted by molar-refractivity contribution is 7.99. The minimum atomic E-state index is 0.430. The van der Waals surface area contributed by atoms with Gasteiger partial charge in [-0.1, -0.05) is 19.1 Å². The van der Waals surface area contributed by atoms with Crippen LogP contribution in [0.25, 0.3) is 11.0 Å². The lowest BCUT2D eigenvalue weighted by atomic mass is 10.2. The van der Waals surface area contributed by atoms with Gasteiger partial charge in [-0.05, 0) is 37.0 Å². The maximum atomic E-state index is 4.56. The van der Waals surface area contributed by atoms with Crippen molar-refractivity contribution in [2.75, 3.05) is 16.8 Å². The van der Waals surface area contributed by atoms with Gasteiger partial charge in [0.1, 0.15) is 5.82 Å². The molecule has 1 N–H and O–H groups in total. The van der Waals surface area contributed by atoms with Crippen LogP contribution in [-0.4, -0.2) is 27.5 Å². The Morgan fingerprint density at radius 3 is 2.83 bits per heavy atom. The van der Waals surface area contributed by atoms with E-state index < -0.39 is 0 Å². The second-order valence-corrected chi connectivity index (χ2v) is 5.67. The quantitative estimate of drug-likeness (QED) is 0.807. The van der Waals surface area contributed by atoms with E-state index in [2.05, 4.69) is 29.1 Å². The summed E-state index contributed by atoms with van der Waals surface area (Å²) in [5, 5.41) is 3.41. The highest BCUT2D eigenvalue weighted by Crippen LogP contribution is 2.13. The minimum Gasteiger partial charge on any atom is -0.366 e. The number of hydrogen-bond donors (Lipinski definition) is 1. The molecule has 3 nitrogen and oxygen atoms in total. The van der Waals surface area contributed by atoms with Crippen LogP contribution in [-0.2, 0) is 0 Å². The Hall–Kier alpha value is -1.29. The third-order valence-corrected chi connectivity index (χ3v) is 3.67. The van der Waals surface area contributed by atoms with E-state index >= 15 is 0 Å². The third kappa shape index (κ3) is 3.60. The summed E-state index contributed by atoms with van der Waals surface area (Å²) in [4.78, 5) is 8.96. The summed E-state index contributed by atoms with van der Waals surface area (Å²) in [6, 6.07) is 8.37. The molecule has 1 atom stereocenters. The van der Waals surface area contributed by atoms with E-state index in [-0.39, 0.29) is 0 Å². The molecule has 0 radical (unpaired) electrons. The average molecular weight is 261 g/mol. The maximum Gasteiger partial charge on any atom is 0.145 e. The molecule has 0 bridgehead atoms. The summed E-state index contributed by atoms with van der Waals surface area (Å²) in [5.41, 5.74) is 1.88. The van der Waals surface area contributed by atoms with E-state index in [4.69, 9.17) is 0 Å². The van der Waals surface area contributed by atoms with Crippen LogP contribution in [0.2, 0.25) is 0 Å². The van der Waals surface area contributed by atoms with E-state index in [1.54, 1.807) is 0 Å². The van der Waals surface area contributed by atoms with Crippen molar-refractivity contribution in [3.63, 3.8) is 0 Å². The zero-order valence-electron chi connectivity index (χ0n) is 10.9. The Morgan fingerprint density at radius 1 is 1.28 bits per heavy atom. The summed E-state index contributed by atoms with van der Waals surface area (Å²) >= 11 is 1.97. The van der Waals surface area contributed by atoms with Gasteiger partial charge in [0.2, 0.25) is 0 Å². The molecule has 0 saturated carbocycles. The molecule has 96 valence electrons. The number of benzene rings is 1. The zero-order chi connectivity index (χ0) is 12.8. The SMILES string of the molecule is CCSCCC(C)Nc1cnc2ccccc2n1. The van der Waals surface area contributed by atoms with Gasteiger partial charge in [0.05, 0.1) is 17.2 Å². The van der Waals surface area contributed by atoms with Crippen molar-refractivity contribution in [2.24, 2.45) is 0 Å². The first-order chi connectivity index (χ1) is 8.79. The Balaban J connectivity index is 1.98. The van der Waals surface area contributed by atoms with Gasteiger partial charge in [0, 0.05) is 6.04 Å². The number of hydrogen-bond acceptors (Lipinski definition) is 4. The first-order valence-corrected chi connectivity index (χ1v) is 7.51. The predicted octanol–water partition coefficient (Wildman–Crippen LogP) is 3.57. The third-order valence-electron chi connectivity index (χ3n) is 2.74. The van der Waals surface area contributed by atoms with Crippen LogP contribution in [0.1, 0.15) is 20.3 Å². The van der Waals surface area contributed by atoms with Crippen LogP contribution < -0.4 is 5.32 Å². The first kappa shape index (κ1) is 13.1. The predicted molar refractivity (Wildman–Crippen MR) is 80.2 cm³/mol. The molecule has 0 aliphatic heterocycles. The molecule has 0 amide bonds. The van der Waals surface area contributed by atoms with E-state index in [0.717, 1.165) is 23.3 Å². The molecule has 2 aromatic rings. The number of fused-ring (bicyclic) bond motifs is 1. The van der Waals surface area contributed by atoms with Gasteiger partial charge in [-0.2, -0.15) is 11.8 Å². The maximum absolute atomic E-state index is 4.56. The number of rotatable bonds is 6. The molecule has 1 aromatic carbocycles. The van der Waals surface area contributed by atoms with E-state index in [0.29, 0.717) is 6.04 Å². The average Bonchev–Trinajstić information content (AvgIpc) is 2.39. The fourth-order valence-electron chi connectivity index (χ4n) is 1.76. The van der Waals surface area contributed by atoms with Crippen molar-refractivity contribution < 1.29 is 0 Å². The molecule has 0 spiro atoms. The van der Waals surface area contributed by atoms with Crippen molar-refractivity contribution in [1.82, 2.24) is 9.97 Å². The normalized spacial score (nSPS) is 12.6. The van der Waals surface area contributed by atoms with Gasteiger partial charge in [0.25, 0.3) is 0 Å². The van der Waals surface area contributed by atoms with Gasteiger partial charge in [0.15, 0.2) is 0 Å². The van der Waals surface area contributed by atoms with Crippen molar-refractivity contribution >= 4 is 28.6 Å². The van der Waals surface area contributed by atoms with Crippen molar-refractivity contribution in [1.29, 1.82) is 0 Å². The summed E-state index contributed by atoms with van der Waals surface area (Å²) in [6.07, 6.45) is 2.96. The molecule has 4 heteroatoms. The molecule has 0 saturated heterocycles. The number of thioether (sulfide) groups is 1. The summed E-state index contributed by atoms with van der Waals surface area (Å²) in [7, 11) is 0. The van der Waals surface area contributed by atoms with Crippen LogP contribution in [0.5, 0.6) is 0 Å². The lowest BCUT2D eigenvalue weighted by molar-refractivity contribution is 0.766. The fourth-order valence-corrected chi connectivity index (χ4v) is 2.56. The molecule has 0 aliphatic rings. The monoisotopic (exact) mass is 261 g/mol. The summed E-state index contributed by atoms with van der Waals surface area (Å²) < 4.78 is 0. The van der Waals surface area contributed by atoms with Crippen LogP contribution in [0.4, 0.5) is 5.82 Å². The standard InChI is InChI=1S/C14H19N3S/c1-3-18-9-8-11(2)16-14-10-15-12-6-4-5-7-13(12)17-14/h4-7,10-11H,3,8-9H2,1-2H3,(H,16,17). The largest absolute Gasteiger partial charge is 0.366 e. The zero-order valence-corrected chi connectivity index (χ0v) is 11.7. The minimum absolute atomic E-state index is 0.430. The fraction of sp³-hybridized carbons (Fsp3) is 0.429. The van der Waals surface area contributed by atoms with Gasteiger partial charge < -0.3 is 5.32 Å². The molecule has 2 rings (SSSR count). The molecule has 18 heavy (non-hydrogen) atoms. The second-order valence-electron chi connectivity index (χ2n) is 4.27. The number of nitrogens with zero attached hydrogens (tertiary/aromatic N) is 2. The van der Waals surface area contributed by atoms with E-state index in [9.17, 15) is 0 Å². The van der Waals surface area contributed by atoms with Crippen molar-refractivity contribution in [2.45, 2.75) is 26.3 Å². The molecule has 1 unspecified atom stereocenters. The Labute approximate surface area is 112 Å². The number of para-hydroxylation sites is 2. The summed E-state index contributed by atoms with van der Waals surface area (Å²) in [5.74, 6) is 3.23. The lowest BCUT2D eigenvalue weighted by Gasteiger charge is -2.14. The van der Waals surface area contributed by atoms with Gasteiger partial charge >= 0.3 is 0 Å². The lowest BCUT2D eigenvalue weighted by Crippen LogP contribution is -2.17. The van der Waals surface area contributed by atoms with Crippen molar-refractivity contribution in [3.05, 3.63) is 30.5 Å². The number of anilines is 1. The number of nitrogens with one attached hydrogen (secondary N) is 1.